The van der Waals surface area contributed by atoms with E-state index in [1.807, 2.05) is 6.07 Å². The van der Waals surface area contributed by atoms with Crippen LogP contribution in [0.3, 0.4) is 0 Å². The summed E-state index contributed by atoms with van der Waals surface area (Å²) in [6, 6.07) is 8.25. The lowest BCUT2D eigenvalue weighted by atomic mass is 10.2. The predicted octanol–water partition coefficient (Wildman–Crippen LogP) is 2.12. The first-order chi connectivity index (χ1) is 9.13. The molecule has 1 N–H and O–H groups in total. The van der Waals surface area contributed by atoms with Gasteiger partial charge in [0, 0.05) is 12.1 Å². The molecule has 6 nitrogen and oxygen atoms in total. The standard InChI is InChI=1S/C13H11N3O3/c1-8-5-12(19-16-8)13(17)15-10-4-3-9(7-14)6-11(10)18-2/h3-6H,1-2H3,(H,15,17). The molecule has 0 aliphatic carbocycles. The number of nitrogens with zero attached hydrogens (tertiary/aromatic N) is 2. The fourth-order valence-electron chi connectivity index (χ4n) is 1.52. The maximum absolute atomic E-state index is 11.9. The summed E-state index contributed by atoms with van der Waals surface area (Å²) in [6.07, 6.45) is 0. The number of hydrogen-bond acceptors (Lipinski definition) is 5. The third kappa shape index (κ3) is 2.72. The van der Waals surface area contributed by atoms with Gasteiger partial charge in [0.25, 0.3) is 5.91 Å². The van der Waals surface area contributed by atoms with Crippen LogP contribution in [0.2, 0.25) is 0 Å². The highest BCUT2D eigenvalue weighted by Crippen LogP contribution is 2.25. The van der Waals surface area contributed by atoms with Crippen molar-refractivity contribution in [3.05, 3.63) is 41.3 Å². The molecular formula is C13H11N3O3. The van der Waals surface area contributed by atoms with Crippen LogP contribution in [-0.4, -0.2) is 18.2 Å². The van der Waals surface area contributed by atoms with Crippen LogP contribution < -0.4 is 10.1 Å². The minimum atomic E-state index is -0.427. The van der Waals surface area contributed by atoms with Crippen molar-refractivity contribution >= 4 is 11.6 Å². The smallest absolute Gasteiger partial charge is 0.294 e. The number of carbonyl (C=O) groups excluding carboxylic acids is 1. The Labute approximate surface area is 109 Å². The number of hydrogen-bond donors (Lipinski definition) is 1. The van der Waals surface area contributed by atoms with Crippen molar-refractivity contribution in [2.45, 2.75) is 6.92 Å². The Bertz CT molecular complexity index is 655. The summed E-state index contributed by atoms with van der Waals surface area (Å²) in [7, 11) is 1.46. The Morgan fingerprint density at radius 3 is 2.84 bits per heavy atom. The van der Waals surface area contributed by atoms with Gasteiger partial charge in [0.15, 0.2) is 0 Å². The molecule has 0 fully saturated rings. The molecule has 2 rings (SSSR count). The zero-order valence-corrected chi connectivity index (χ0v) is 10.4. The summed E-state index contributed by atoms with van der Waals surface area (Å²) in [4.78, 5) is 11.9. The minimum Gasteiger partial charge on any atom is -0.495 e. The van der Waals surface area contributed by atoms with Crippen molar-refractivity contribution in [3.8, 4) is 11.8 Å². The SMILES string of the molecule is COc1cc(C#N)ccc1NC(=O)c1cc(C)no1. The van der Waals surface area contributed by atoms with Crippen molar-refractivity contribution in [1.29, 1.82) is 5.26 Å². The van der Waals surface area contributed by atoms with Gasteiger partial charge in [0.05, 0.1) is 30.1 Å². The lowest BCUT2D eigenvalue weighted by Gasteiger charge is -2.08. The third-order valence-corrected chi connectivity index (χ3v) is 2.43. The van der Waals surface area contributed by atoms with Crippen molar-refractivity contribution in [1.82, 2.24) is 5.16 Å². The topological polar surface area (TPSA) is 88.1 Å². The average molecular weight is 257 g/mol. The summed E-state index contributed by atoms with van der Waals surface area (Å²) in [5, 5.41) is 15.1. The lowest BCUT2D eigenvalue weighted by molar-refractivity contribution is 0.0987. The molecule has 1 amide bonds. The molecule has 6 heteroatoms. The van der Waals surface area contributed by atoms with E-state index in [1.54, 1.807) is 25.1 Å². The minimum absolute atomic E-state index is 0.115. The van der Waals surface area contributed by atoms with Gasteiger partial charge in [-0.15, -0.1) is 0 Å². The molecule has 96 valence electrons. The first-order valence-corrected chi connectivity index (χ1v) is 5.47. The Balaban J connectivity index is 2.24. The van der Waals surface area contributed by atoms with Crippen molar-refractivity contribution in [2.24, 2.45) is 0 Å². The van der Waals surface area contributed by atoms with Crippen LogP contribution in [0, 0.1) is 18.3 Å². The van der Waals surface area contributed by atoms with E-state index in [0.717, 1.165) is 0 Å². The summed E-state index contributed by atoms with van der Waals surface area (Å²) in [5.74, 6) is 0.0937. The van der Waals surface area contributed by atoms with Gasteiger partial charge in [0.1, 0.15) is 5.75 Å². The van der Waals surface area contributed by atoms with Gasteiger partial charge in [-0.25, -0.2) is 0 Å². The van der Waals surface area contributed by atoms with E-state index in [1.165, 1.54) is 13.2 Å². The lowest BCUT2D eigenvalue weighted by Crippen LogP contribution is -2.11. The number of aryl methyl sites for hydroxylation is 1. The van der Waals surface area contributed by atoms with Gasteiger partial charge >= 0.3 is 0 Å². The van der Waals surface area contributed by atoms with E-state index in [9.17, 15) is 4.79 Å². The number of ether oxygens (including phenoxy) is 1. The molecule has 0 aliphatic heterocycles. The number of anilines is 1. The zero-order valence-electron chi connectivity index (χ0n) is 10.4. The summed E-state index contributed by atoms with van der Waals surface area (Å²) in [6.45, 7) is 1.72. The molecule has 0 bridgehead atoms. The first-order valence-electron chi connectivity index (χ1n) is 5.47. The Hall–Kier alpha value is -2.81. The van der Waals surface area contributed by atoms with Crippen molar-refractivity contribution in [2.75, 3.05) is 12.4 Å². The number of nitriles is 1. The van der Waals surface area contributed by atoms with E-state index >= 15 is 0 Å². The summed E-state index contributed by atoms with van der Waals surface area (Å²) in [5.41, 5.74) is 1.53. The number of carbonyl (C=O) groups is 1. The molecule has 2 aromatic rings. The van der Waals surface area contributed by atoms with E-state index < -0.39 is 5.91 Å². The quantitative estimate of drug-likeness (QED) is 0.909. The molecule has 19 heavy (non-hydrogen) atoms. The van der Waals surface area contributed by atoms with E-state index in [-0.39, 0.29) is 5.76 Å². The maximum atomic E-state index is 11.9. The second-order valence-electron chi connectivity index (χ2n) is 3.81. The highest BCUT2D eigenvalue weighted by atomic mass is 16.5. The van der Waals surface area contributed by atoms with Crippen LogP contribution >= 0.6 is 0 Å². The molecule has 0 saturated carbocycles. The van der Waals surface area contributed by atoms with Crippen LogP contribution in [0.1, 0.15) is 21.8 Å². The van der Waals surface area contributed by atoms with Gasteiger partial charge in [-0.3, -0.25) is 4.79 Å². The van der Waals surface area contributed by atoms with Crippen molar-refractivity contribution in [3.63, 3.8) is 0 Å². The van der Waals surface area contributed by atoms with Crippen LogP contribution in [0.25, 0.3) is 0 Å². The first kappa shape index (κ1) is 12.6. The van der Waals surface area contributed by atoms with Gasteiger partial charge in [0.2, 0.25) is 5.76 Å². The molecular weight excluding hydrogens is 246 g/mol. The van der Waals surface area contributed by atoms with Crippen LogP contribution in [0.5, 0.6) is 5.75 Å². The molecule has 0 radical (unpaired) electrons. The molecule has 0 atom stereocenters. The van der Waals surface area contributed by atoms with Gasteiger partial charge < -0.3 is 14.6 Å². The van der Waals surface area contributed by atoms with E-state index in [2.05, 4.69) is 10.5 Å². The largest absolute Gasteiger partial charge is 0.495 e. The Kier molecular flexibility index (Phi) is 3.48. The van der Waals surface area contributed by atoms with Gasteiger partial charge in [-0.2, -0.15) is 5.26 Å². The maximum Gasteiger partial charge on any atom is 0.294 e. The number of aromatic nitrogens is 1. The van der Waals surface area contributed by atoms with E-state index in [0.29, 0.717) is 22.7 Å². The predicted molar refractivity (Wildman–Crippen MR) is 66.9 cm³/mol. The highest BCUT2D eigenvalue weighted by molar-refractivity contribution is 6.03. The van der Waals surface area contributed by atoms with E-state index in [4.69, 9.17) is 14.5 Å². The van der Waals surface area contributed by atoms with Gasteiger partial charge in [-0.05, 0) is 19.1 Å². The Morgan fingerprint density at radius 1 is 1.47 bits per heavy atom. The number of benzene rings is 1. The summed E-state index contributed by atoms with van der Waals surface area (Å²) < 4.78 is 9.98. The summed E-state index contributed by atoms with van der Waals surface area (Å²) >= 11 is 0. The van der Waals surface area contributed by atoms with Crippen LogP contribution in [0.4, 0.5) is 5.69 Å². The highest BCUT2D eigenvalue weighted by Gasteiger charge is 2.14. The molecule has 1 aromatic heterocycles. The zero-order chi connectivity index (χ0) is 13.8. The monoisotopic (exact) mass is 257 g/mol. The molecule has 0 saturated heterocycles. The number of rotatable bonds is 3. The van der Waals surface area contributed by atoms with Gasteiger partial charge in [-0.1, -0.05) is 5.16 Å². The van der Waals surface area contributed by atoms with Crippen LogP contribution in [-0.2, 0) is 0 Å². The normalized spacial score (nSPS) is 9.74. The Morgan fingerprint density at radius 2 is 2.26 bits per heavy atom. The number of nitrogens with one attached hydrogen (secondary N) is 1. The second kappa shape index (κ2) is 5.23. The number of methoxy groups -OCH3 is 1. The van der Waals surface area contributed by atoms with Crippen LogP contribution in [0.15, 0.2) is 28.8 Å². The fourth-order valence-corrected chi connectivity index (χ4v) is 1.52. The molecule has 0 aliphatic rings. The van der Waals surface area contributed by atoms with Crippen molar-refractivity contribution < 1.29 is 14.1 Å². The fraction of sp³-hybridized carbons (Fsp3) is 0.154. The third-order valence-electron chi connectivity index (χ3n) is 2.43. The molecule has 0 spiro atoms. The molecule has 1 heterocycles. The molecule has 1 aromatic carbocycles. The second-order valence-corrected chi connectivity index (χ2v) is 3.81. The average Bonchev–Trinajstić information content (AvgIpc) is 2.86. The molecule has 0 unspecified atom stereocenters. The number of amides is 1.